The Labute approximate surface area is 95.8 Å². The Kier molecular flexibility index (Phi) is 3.47. The van der Waals surface area contributed by atoms with Crippen molar-refractivity contribution in [3.63, 3.8) is 0 Å². The number of nitrogens with zero attached hydrogens (tertiary/aromatic N) is 2. The molecule has 0 atom stereocenters. The third-order valence-corrected chi connectivity index (χ3v) is 2.86. The van der Waals surface area contributed by atoms with Gasteiger partial charge in [-0.3, -0.25) is 14.7 Å². The van der Waals surface area contributed by atoms with E-state index in [9.17, 15) is 4.79 Å². The molecule has 3 nitrogen and oxygen atoms in total. The summed E-state index contributed by atoms with van der Waals surface area (Å²) < 4.78 is 0. The van der Waals surface area contributed by atoms with Gasteiger partial charge in [-0.1, -0.05) is 13.0 Å². The zero-order valence-corrected chi connectivity index (χ0v) is 9.52. The van der Waals surface area contributed by atoms with Gasteiger partial charge >= 0.3 is 0 Å². The van der Waals surface area contributed by atoms with Gasteiger partial charge < -0.3 is 0 Å². The third kappa shape index (κ3) is 2.55. The van der Waals surface area contributed by atoms with Crippen LogP contribution in [0.4, 0.5) is 0 Å². The van der Waals surface area contributed by atoms with Gasteiger partial charge in [-0.25, -0.2) is 0 Å². The zero-order chi connectivity index (χ0) is 11.4. The molecule has 1 aliphatic heterocycles. The van der Waals surface area contributed by atoms with E-state index in [1.165, 1.54) is 0 Å². The van der Waals surface area contributed by atoms with Crippen molar-refractivity contribution >= 4 is 11.9 Å². The molecular weight excluding hydrogens is 200 g/mol. The Bertz CT molecular complexity index is 398. The molecular formula is C13H16N2O. The summed E-state index contributed by atoms with van der Waals surface area (Å²) in [7, 11) is 0. The van der Waals surface area contributed by atoms with Crippen LogP contribution in [0.3, 0.4) is 0 Å². The lowest BCUT2D eigenvalue weighted by molar-refractivity contribution is -0.117. The van der Waals surface area contributed by atoms with Gasteiger partial charge in [0.1, 0.15) is 0 Å². The molecule has 0 saturated carbocycles. The summed E-state index contributed by atoms with van der Waals surface area (Å²) in [5, 5.41) is 0. The van der Waals surface area contributed by atoms with Crippen molar-refractivity contribution in [2.45, 2.75) is 13.3 Å². The normalized spacial score (nSPS) is 20.3. The summed E-state index contributed by atoms with van der Waals surface area (Å²) in [5.74, 6) is 0.260. The van der Waals surface area contributed by atoms with E-state index in [0.717, 1.165) is 30.9 Å². The van der Waals surface area contributed by atoms with Gasteiger partial charge in [0, 0.05) is 31.3 Å². The molecule has 0 aliphatic carbocycles. The first kappa shape index (κ1) is 11.0. The molecule has 0 amide bonds. The van der Waals surface area contributed by atoms with E-state index in [4.69, 9.17) is 0 Å². The summed E-state index contributed by atoms with van der Waals surface area (Å²) in [5.41, 5.74) is 1.75. The highest BCUT2D eigenvalue weighted by atomic mass is 16.1. The second kappa shape index (κ2) is 5.03. The second-order valence-corrected chi connectivity index (χ2v) is 3.97. The lowest BCUT2D eigenvalue weighted by Crippen LogP contribution is -2.35. The van der Waals surface area contributed by atoms with E-state index in [2.05, 4.69) is 16.8 Å². The number of ketones is 1. The molecule has 0 radical (unpaired) electrons. The Morgan fingerprint density at radius 1 is 1.50 bits per heavy atom. The van der Waals surface area contributed by atoms with Crippen molar-refractivity contribution in [2.75, 3.05) is 19.6 Å². The van der Waals surface area contributed by atoms with E-state index < -0.39 is 0 Å². The van der Waals surface area contributed by atoms with Crippen molar-refractivity contribution in [3.8, 4) is 0 Å². The van der Waals surface area contributed by atoms with E-state index in [0.29, 0.717) is 6.42 Å². The molecule has 1 aromatic heterocycles. The first-order chi connectivity index (χ1) is 7.79. The molecule has 0 aromatic carbocycles. The Hall–Kier alpha value is -1.48. The van der Waals surface area contributed by atoms with Crippen molar-refractivity contribution in [2.24, 2.45) is 0 Å². The largest absolute Gasteiger partial charge is 0.299 e. The van der Waals surface area contributed by atoms with E-state index in [-0.39, 0.29) is 5.78 Å². The first-order valence-electron chi connectivity index (χ1n) is 5.66. The summed E-state index contributed by atoms with van der Waals surface area (Å²) in [6.07, 6.45) is 4.29. The molecule has 0 bridgehead atoms. The number of piperidine rings is 1. The van der Waals surface area contributed by atoms with E-state index in [1.54, 1.807) is 6.20 Å². The lowest BCUT2D eigenvalue weighted by Gasteiger charge is -2.26. The smallest absolute Gasteiger partial charge is 0.161 e. The topological polar surface area (TPSA) is 33.2 Å². The predicted molar refractivity (Wildman–Crippen MR) is 64.0 cm³/mol. The molecule has 16 heavy (non-hydrogen) atoms. The monoisotopic (exact) mass is 216 g/mol. The second-order valence-electron chi connectivity index (χ2n) is 3.97. The number of Topliss-reactive ketones (excluding diaryl/α,β-unsaturated/α-hetero) is 1. The van der Waals surface area contributed by atoms with Gasteiger partial charge in [0.2, 0.25) is 0 Å². The fourth-order valence-corrected chi connectivity index (χ4v) is 1.86. The number of hydrogen-bond donors (Lipinski definition) is 0. The molecule has 0 unspecified atom stereocenters. The molecule has 0 spiro atoms. The minimum absolute atomic E-state index is 0.260. The molecule has 84 valence electrons. The van der Waals surface area contributed by atoms with Gasteiger partial charge in [-0.2, -0.15) is 0 Å². The Morgan fingerprint density at radius 2 is 2.38 bits per heavy atom. The minimum Gasteiger partial charge on any atom is -0.299 e. The maximum absolute atomic E-state index is 11.7. The van der Waals surface area contributed by atoms with Crippen molar-refractivity contribution in [1.29, 1.82) is 0 Å². The zero-order valence-electron chi connectivity index (χ0n) is 9.52. The number of hydrogen-bond acceptors (Lipinski definition) is 3. The van der Waals surface area contributed by atoms with Gasteiger partial charge in [0.25, 0.3) is 0 Å². The molecule has 1 aromatic rings. The fourth-order valence-electron chi connectivity index (χ4n) is 1.86. The van der Waals surface area contributed by atoms with Crippen LogP contribution in [-0.4, -0.2) is 35.3 Å². The number of carbonyl (C=O) groups is 1. The van der Waals surface area contributed by atoms with E-state index in [1.807, 2.05) is 24.3 Å². The van der Waals surface area contributed by atoms with Gasteiger partial charge in [-0.05, 0) is 24.8 Å². The summed E-state index contributed by atoms with van der Waals surface area (Å²) >= 11 is 0. The predicted octanol–water partition coefficient (Wildman–Crippen LogP) is 1.76. The quantitative estimate of drug-likeness (QED) is 0.706. The SMILES string of the molecule is CCN1CCC(=O)/C(=C/c2ccccn2)C1. The van der Waals surface area contributed by atoms with Crippen LogP contribution < -0.4 is 0 Å². The lowest BCUT2D eigenvalue weighted by atomic mass is 10.0. The fraction of sp³-hybridized carbons (Fsp3) is 0.385. The molecule has 1 aliphatic rings. The van der Waals surface area contributed by atoms with Crippen LogP contribution in [0.2, 0.25) is 0 Å². The van der Waals surface area contributed by atoms with Crippen LogP contribution >= 0.6 is 0 Å². The van der Waals surface area contributed by atoms with Crippen molar-refractivity contribution in [3.05, 3.63) is 35.7 Å². The highest BCUT2D eigenvalue weighted by Crippen LogP contribution is 2.14. The van der Waals surface area contributed by atoms with Gasteiger partial charge in [-0.15, -0.1) is 0 Å². The third-order valence-electron chi connectivity index (χ3n) is 2.86. The maximum atomic E-state index is 11.7. The summed E-state index contributed by atoms with van der Waals surface area (Å²) in [4.78, 5) is 18.2. The Morgan fingerprint density at radius 3 is 3.06 bits per heavy atom. The average Bonchev–Trinajstić information content (AvgIpc) is 2.33. The number of likely N-dealkylation sites (tertiary alicyclic amines) is 1. The first-order valence-corrected chi connectivity index (χ1v) is 5.66. The molecule has 1 fully saturated rings. The molecule has 0 N–H and O–H groups in total. The molecule has 1 saturated heterocycles. The van der Waals surface area contributed by atoms with Crippen molar-refractivity contribution < 1.29 is 4.79 Å². The number of aromatic nitrogens is 1. The van der Waals surface area contributed by atoms with Crippen LogP contribution in [0.5, 0.6) is 0 Å². The number of pyridine rings is 1. The number of rotatable bonds is 2. The highest BCUT2D eigenvalue weighted by Gasteiger charge is 2.19. The highest BCUT2D eigenvalue weighted by molar-refractivity contribution is 6.00. The maximum Gasteiger partial charge on any atom is 0.161 e. The molecule has 2 heterocycles. The standard InChI is InChI=1S/C13H16N2O/c1-2-15-8-6-13(16)11(10-15)9-12-5-3-4-7-14-12/h3-5,7,9H,2,6,8,10H2,1H3/b11-9+. The van der Waals surface area contributed by atoms with Crippen LogP contribution in [0.25, 0.3) is 6.08 Å². The minimum atomic E-state index is 0.260. The van der Waals surface area contributed by atoms with Gasteiger partial charge in [0.15, 0.2) is 5.78 Å². The van der Waals surface area contributed by atoms with Crippen molar-refractivity contribution in [1.82, 2.24) is 9.88 Å². The van der Waals surface area contributed by atoms with Crippen LogP contribution in [0.1, 0.15) is 19.0 Å². The average molecular weight is 216 g/mol. The Balaban J connectivity index is 2.18. The number of carbonyl (C=O) groups excluding carboxylic acids is 1. The molecule has 3 heteroatoms. The summed E-state index contributed by atoms with van der Waals surface area (Å²) in [6, 6.07) is 5.73. The van der Waals surface area contributed by atoms with Gasteiger partial charge in [0.05, 0.1) is 5.69 Å². The van der Waals surface area contributed by atoms with Crippen LogP contribution in [0.15, 0.2) is 30.0 Å². The molecule has 2 rings (SSSR count). The van der Waals surface area contributed by atoms with E-state index >= 15 is 0 Å². The van der Waals surface area contributed by atoms with Crippen LogP contribution in [-0.2, 0) is 4.79 Å². The number of likely N-dealkylation sites (N-methyl/N-ethyl adjacent to an activating group) is 1. The van der Waals surface area contributed by atoms with Crippen LogP contribution in [0, 0.1) is 0 Å². The summed E-state index contributed by atoms with van der Waals surface area (Å²) in [6.45, 7) is 4.75.